The van der Waals surface area contributed by atoms with Crippen molar-refractivity contribution in [1.82, 2.24) is 9.78 Å². The Morgan fingerprint density at radius 2 is 2.05 bits per heavy atom. The van der Waals surface area contributed by atoms with Crippen LogP contribution in [0.1, 0.15) is 4.88 Å². The van der Waals surface area contributed by atoms with Crippen LogP contribution in [0.15, 0.2) is 57.1 Å². The van der Waals surface area contributed by atoms with Crippen molar-refractivity contribution in [3.63, 3.8) is 0 Å². The largest absolute Gasteiger partial charge is 0.378 e. The van der Waals surface area contributed by atoms with Gasteiger partial charge in [-0.05, 0) is 56.1 Å². The lowest BCUT2D eigenvalue weighted by Crippen LogP contribution is -2.03. The predicted molar refractivity (Wildman–Crippen MR) is 90.6 cm³/mol. The summed E-state index contributed by atoms with van der Waals surface area (Å²) in [7, 11) is 0. The summed E-state index contributed by atoms with van der Waals surface area (Å²) in [5.41, 5.74) is 2.11. The van der Waals surface area contributed by atoms with Gasteiger partial charge in [0.1, 0.15) is 0 Å². The van der Waals surface area contributed by atoms with Gasteiger partial charge in [0, 0.05) is 28.3 Å². The topological polar surface area (TPSA) is 29.9 Å². The van der Waals surface area contributed by atoms with E-state index in [1.54, 1.807) is 17.5 Å². The number of anilines is 1. The van der Waals surface area contributed by atoms with Crippen LogP contribution in [0.4, 0.5) is 5.69 Å². The van der Waals surface area contributed by atoms with E-state index in [0.29, 0.717) is 0 Å². The molecule has 6 heteroatoms. The van der Waals surface area contributed by atoms with E-state index in [9.17, 15) is 0 Å². The van der Waals surface area contributed by atoms with Crippen molar-refractivity contribution >= 4 is 48.9 Å². The van der Waals surface area contributed by atoms with Crippen LogP contribution >= 0.6 is 43.2 Å². The number of nitrogens with one attached hydrogen (secondary N) is 1. The normalized spacial score (nSPS) is 10.7. The Bertz CT molecular complexity index is 688. The molecule has 1 N–H and O–H groups in total. The first kappa shape index (κ1) is 13.9. The fourth-order valence-corrected chi connectivity index (χ4v) is 4.01. The van der Waals surface area contributed by atoms with Crippen molar-refractivity contribution in [2.45, 2.75) is 6.54 Å². The van der Waals surface area contributed by atoms with E-state index < -0.39 is 0 Å². The van der Waals surface area contributed by atoms with Crippen LogP contribution < -0.4 is 5.32 Å². The zero-order chi connectivity index (χ0) is 13.9. The number of para-hydroxylation sites is 2. The Morgan fingerprint density at radius 1 is 1.20 bits per heavy atom. The second kappa shape index (κ2) is 6.11. The number of benzene rings is 1. The van der Waals surface area contributed by atoms with Gasteiger partial charge in [0.15, 0.2) is 0 Å². The van der Waals surface area contributed by atoms with Gasteiger partial charge in [0.05, 0.1) is 15.2 Å². The van der Waals surface area contributed by atoms with Crippen LogP contribution in [-0.4, -0.2) is 9.78 Å². The van der Waals surface area contributed by atoms with Gasteiger partial charge in [-0.15, -0.1) is 11.3 Å². The summed E-state index contributed by atoms with van der Waals surface area (Å²) in [4.78, 5) is 1.26. The third-order valence-electron chi connectivity index (χ3n) is 2.80. The molecule has 0 atom stereocenters. The Kier molecular flexibility index (Phi) is 4.24. The molecule has 3 rings (SSSR count). The molecule has 0 aliphatic carbocycles. The minimum atomic E-state index is 0.785. The van der Waals surface area contributed by atoms with Gasteiger partial charge in [0.2, 0.25) is 0 Å². The highest BCUT2D eigenvalue weighted by molar-refractivity contribution is 9.13. The summed E-state index contributed by atoms with van der Waals surface area (Å²) >= 11 is 8.75. The summed E-state index contributed by atoms with van der Waals surface area (Å²) in [5, 5.41) is 7.75. The first-order valence-electron chi connectivity index (χ1n) is 6.00. The van der Waals surface area contributed by atoms with Gasteiger partial charge in [0.25, 0.3) is 0 Å². The van der Waals surface area contributed by atoms with E-state index in [-0.39, 0.29) is 0 Å². The molecule has 2 heterocycles. The van der Waals surface area contributed by atoms with Crippen LogP contribution in [0.5, 0.6) is 0 Å². The highest BCUT2D eigenvalue weighted by Crippen LogP contribution is 2.33. The van der Waals surface area contributed by atoms with Crippen molar-refractivity contribution in [3.8, 4) is 5.69 Å². The molecule has 0 spiro atoms. The van der Waals surface area contributed by atoms with Crippen LogP contribution in [-0.2, 0) is 6.54 Å². The second-order valence-electron chi connectivity index (χ2n) is 4.16. The smallest absolute Gasteiger partial charge is 0.0876 e. The van der Waals surface area contributed by atoms with Gasteiger partial charge >= 0.3 is 0 Å². The molecule has 3 aromatic rings. The summed E-state index contributed by atoms with van der Waals surface area (Å²) in [6.07, 6.45) is 3.73. The highest BCUT2D eigenvalue weighted by Gasteiger charge is 2.06. The third kappa shape index (κ3) is 2.97. The molecule has 2 aromatic heterocycles. The van der Waals surface area contributed by atoms with Gasteiger partial charge in [-0.3, -0.25) is 0 Å². The van der Waals surface area contributed by atoms with Gasteiger partial charge in [-0.25, -0.2) is 4.68 Å². The first-order chi connectivity index (χ1) is 9.74. The van der Waals surface area contributed by atoms with Crippen molar-refractivity contribution < 1.29 is 0 Å². The molecule has 0 amide bonds. The van der Waals surface area contributed by atoms with Gasteiger partial charge in [-0.1, -0.05) is 12.1 Å². The number of nitrogens with zero attached hydrogens (tertiary/aromatic N) is 2. The Morgan fingerprint density at radius 3 is 2.75 bits per heavy atom. The van der Waals surface area contributed by atoms with Crippen LogP contribution in [0.3, 0.4) is 0 Å². The van der Waals surface area contributed by atoms with Crippen molar-refractivity contribution in [1.29, 1.82) is 0 Å². The molecular formula is C14H11Br2N3S. The van der Waals surface area contributed by atoms with Gasteiger partial charge in [-0.2, -0.15) is 5.10 Å². The highest BCUT2D eigenvalue weighted by atomic mass is 79.9. The molecule has 3 nitrogen and oxygen atoms in total. The van der Waals surface area contributed by atoms with Crippen molar-refractivity contribution in [2.24, 2.45) is 0 Å². The maximum absolute atomic E-state index is 4.28. The zero-order valence-corrected chi connectivity index (χ0v) is 14.4. The maximum Gasteiger partial charge on any atom is 0.0876 e. The number of rotatable bonds is 4. The average Bonchev–Trinajstić information content (AvgIpc) is 3.08. The third-order valence-corrected chi connectivity index (χ3v) is 6.06. The summed E-state index contributed by atoms with van der Waals surface area (Å²) in [6, 6.07) is 12.2. The monoisotopic (exact) mass is 411 g/mol. The standard InChI is InChI=1S/C14H11Br2N3S/c15-11-8-10(20-14(11)16)9-17-12-4-1-2-5-13(12)19-7-3-6-18-19/h1-8,17H,9H2. The van der Waals surface area contributed by atoms with Gasteiger partial charge < -0.3 is 5.32 Å². The number of hydrogen-bond donors (Lipinski definition) is 1. The van der Waals surface area contributed by atoms with E-state index in [2.05, 4.69) is 60.5 Å². The predicted octanol–water partition coefficient (Wildman–Crippen LogP) is 5.07. The quantitative estimate of drug-likeness (QED) is 0.648. The molecule has 0 bridgehead atoms. The number of halogens is 2. The Balaban J connectivity index is 1.81. The molecule has 0 unspecified atom stereocenters. The zero-order valence-electron chi connectivity index (χ0n) is 10.4. The van der Waals surface area contributed by atoms with Crippen LogP contribution in [0, 0.1) is 0 Å². The average molecular weight is 413 g/mol. The fourth-order valence-electron chi connectivity index (χ4n) is 1.90. The molecule has 20 heavy (non-hydrogen) atoms. The lowest BCUT2D eigenvalue weighted by molar-refractivity contribution is 0.879. The number of thiophene rings is 1. The lowest BCUT2D eigenvalue weighted by Gasteiger charge is -2.11. The SMILES string of the molecule is Brc1cc(CNc2ccccc2-n2cccn2)sc1Br. The molecule has 0 radical (unpaired) electrons. The van der Waals surface area contributed by atoms with Crippen LogP contribution in [0.2, 0.25) is 0 Å². The molecular weight excluding hydrogens is 402 g/mol. The van der Waals surface area contributed by atoms with E-state index in [4.69, 9.17) is 0 Å². The number of hydrogen-bond acceptors (Lipinski definition) is 3. The molecule has 0 aliphatic rings. The Hall–Kier alpha value is -1.11. The maximum atomic E-state index is 4.28. The van der Waals surface area contributed by atoms with E-state index in [1.807, 2.05) is 29.1 Å². The molecule has 0 saturated carbocycles. The lowest BCUT2D eigenvalue weighted by atomic mass is 10.2. The van der Waals surface area contributed by atoms with Crippen molar-refractivity contribution in [3.05, 3.63) is 61.9 Å². The van der Waals surface area contributed by atoms with E-state index >= 15 is 0 Å². The summed E-state index contributed by atoms with van der Waals surface area (Å²) < 4.78 is 4.08. The molecule has 0 aliphatic heterocycles. The number of aromatic nitrogens is 2. The first-order valence-corrected chi connectivity index (χ1v) is 8.41. The molecule has 1 aromatic carbocycles. The molecule has 0 saturated heterocycles. The minimum Gasteiger partial charge on any atom is -0.378 e. The fraction of sp³-hybridized carbons (Fsp3) is 0.0714. The Labute approximate surface area is 137 Å². The van der Waals surface area contributed by atoms with Crippen LogP contribution in [0.25, 0.3) is 5.69 Å². The summed E-state index contributed by atoms with van der Waals surface area (Å²) in [5.74, 6) is 0. The molecule has 102 valence electrons. The minimum absolute atomic E-state index is 0.785. The molecule has 0 fully saturated rings. The van der Waals surface area contributed by atoms with E-state index in [1.165, 1.54) is 4.88 Å². The van der Waals surface area contributed by atoms with E-state index in [0.717, 1.165) is 26.2 Å². The summed E-state index contributed by atoms with van der Waals surface area (Å²) in [6.45, 7) is 0.785. The van der Waals surface area contributed by atoms with Crippen molar-refractivity contribution in [2.75, 3.05) is 5.32 Å². The second-order valence-corrected chi connectivity index (χ2v) is 7.46.